The van der Waals surface area contributed by atoms with Gasteiger partial charge in [-0.1, -0.05) is 17.3 Å². The van der Waals surface area contributed by atoms with E-state index in [1.165, 1.54) is 11.3 Å². The predicted octanol–water partition coefficient (Wildman–Crippen LogP) is 1.86. The maximum Gasteiger partial charge on any atom is 0.181 e. The Morgan fingerprint density at radius 2 is 2.33 bits per heavy atom. The predicted molar refractivity (Wildman–Crippen MR) is 52.0 cm³/mol. The molecule has 1 aromatic carbocycles. The minimum absolute atomic E-state index is 0.583. The molecule has 2 nitrogen and oxygen atoms in total. The number of hydrogen-bond donors (Lipinski definition) is 1. The zero-order valence-electron chi connectivity index (χ0n) is 6.24. The van der Waals surface area contributed by atoms with E-state index in [-0.39, 0.29) is 0 Å². The molecule has 1 heterocycles. The van der Waals surface area contributed by atoms with E-state index in [1.54, 1.807) is 0 Å². The number of nitrogens with two attached hydrogens (primary N) is 1. The maximum absolute atomic E-state index is 5.54. The first kappa shape index (κ1) is 7.14. The second-order valence-electron chi connectivity index (χ2n) is 2.38. The van der Waals surface area contributed by atoms with Crippen LogP contribution in [0.2, 0.25) is 0 Å². The van der Waals surface area contributed by atoms with Crippen LogP contribution in [0, 0.1) is 12.3 Å². The van der Waals surface area contributed by atoms with Crippen LogP contribution in [0.3, 0.4) is 0 Å². The second kappa shape index (κ2) is 2.50. The van der Waals surface area contributed by atoms with Crippen molar-refractivity contribution in [1.82, 2.24) is 4.98 Å². The van der Waals surface area contributed by atoms with Gasteiger partial charge >= 0.3 is 0 Å². The number of terminal acetylenes is 1. The Hall–Kier alpha value is -1.53. The number of anilines is 1. The normalized spacial score (nSPS) is 9.92. The van der Waals surface area contributed by atoms with Crippen molar-refractivity contribution in [3.63, 3.8) is 0 Å². The van der Waals surface area contributed by atoms with Crippen LogP contribution in [-0.2, 0) is 0 Å². The van der Waals surface area contributed by atoms with Gasteiger partial charge in [-0.2, -0.15) is 0 Å². The lowest BCUT2D eigenvalue weighted by Crippen LogP contribution is -1.78. The van der Waals surface area contributed by atoms with Crippen molar-refractivity contribution in [2.45, 2.75) is 0 Å². The minimum Gasteiger partial charge on any atom is -0.375 e. The first-order chi connectivity index (χ1) is 5.79. The molecule has 2 N–H and O–H groups in total. The van der Waals surface area contributed by atoms with Gasteiger partial charge in [0.25, 0.3) is 0 Å². The Bertz CT molecular complexity index is 465. The highest BCUT2D eigenvalue weighted by atomic mass is 32.1. The first-order valence-electron chi connectivity index (χ1n) is 3.42. The van der Waals surface area contributed by atoms with E-state index in [2.05, 4.69) is 10.9 Å². The standard InChI is InChI=1S/C9H6N2S/c1-2-6-3-4-7-8(5-6)12-9(10)11-7/h1,3-5H,(H2,10,11). The fourth-order valence-corrected chi connectivity index (χ4v) is 1.81. The molecule has 1 aromatic heterocycles. The van der Waals surface area contributed by atoms with Crippen LogP contribution in [0.15, 0.2) is 18.2 Å². The first-order valence-corrected chi connectivity index (χ1v) is 4.24. The number of fused-ring (bicyclic) bond motifs is 1. The lowest BCUT2D eigenvalue weighted by Gasteiger charge is -1.88. The van der Waals surface area contributed by atoms with Gasteiger partial charge < -0.3 is 5.73 Å². The average molecular weight is 174 g/mol. The van der Waals surface area contributed by atoms with Crippen molar-refractivity contribution in [2.24, 2.45) is 0 Å². The molecule has 0 fully saturated rings. The van der Waals surface area contributed by atoms with Gasteiger partial charge in [0.2, 0.25) is 0 Å². The van der Waals surface area contributed by atoms with Crippen LogP contribution in [0.25, 0.3) is 10.2 Å². The molecule has 3 heteroatoms. The van der Waals surface area contributed by atoms with Crippen molar-refractivity contribution >= 4 is 26.7 Å². The zero-order chi connectivity index (χ0) is 8.55. The largest absolute Gasteiger partial charge is 0.375 e. The third-order valence-electron chi connectivity index (χ3n) is 1.57. The van der Waals surface area contributed by atoms with Crippen LogP contribution < -0.4 is 5.73 Å². The quantitative estimate of drug-likeness (QED) is 0.619. The summed E-state index contributed by atoms with van der Waals surface area (Å²) in [4.78, 5) is 4.12. The van der Waals surface area contributed by atoms with Crippen molar-refractivity contribution in [2.75, 3.05) is 5.73 Å². The van der Waals surface area contributed by atoms with Gasteiger partial charge in [-0.25, -0.2) is 4.98 Å². The molecule has 0 radical (unpaired) electrons. The molecule has 0 saturated heterocycles. The second-order valence-corrected chi connectivity index (χ2v) is 3.44. The number of aromatic nitrogens is 1. The molecule has 0 aliphatic rings. The highest BCUT2D eigenvalue weighted by Gasteiger charge is 1.99. The summed E-state index contributed by atoms with van der Waals surface area (Å²) in [5, 5.41) is 0.583. The topological polar surface area (TPSA) is 38.9 Å². The molecule has 0 unspecified atom stereocenters. The average Bonchev–Trinajstić information content (AvgIpc) is 2.43. The highest BCUT2D eigenvalue weighted by molar-refractivity contribution is 7.22. The Morgan fingerprint density at radius 3 is 3.08 bits per heavy atom. The molecular formula is C9H6N2S. The van der Waals surface area contributed by atoms with Crippen molar-refractivity contribution < 1.29 is 0 Å². The molecule has 0 spiro atoms. The molecule has 2 rings (SSSR count). The maximum atomic E-state index is 5.54. The van der Waals surface area contributed by atoms with E-state index in [0.717, 1.165) is 15.8 Å². The number of thiazole rings is 1. The molecule has 0 aliphatic heterocycles. The van der Waals surface area contributed by atoms with E-state index in [1.807, 2.05) is 18.2 Å². The number of rotatable bonds is 0. The molecule has 0 saturated carbocycles. The summed E-state index contributed by atoms with van der Waals surface area (Å²) in [5.74, 6) is 2.57. The summed E-state index contributed by atoms with van der Waals surface area (Å²) >= 11 is 1.45. The third kappa shape index (κ3) is 1.03. The van der Waals surface area contributed by atoms with Gasteiger partial charge in [0, 0.05) is 5.56 Å². The smallest absolute Gasteiger partial charge is 0.181 e. The SMILES string of the molecule is C#Cc1ccc2nc(N)sc2c1. The third-order valence-corrected chi connectivity index (χ3v) is 2.42. The van der Waals surface area contributed by atoms with Gasteiger partial charge in [0.15, 0.2) is 5.13 Å². The lowest BCUT2D eigenvalue weighted by atomic mass is 10.2. The summed E-state index contributed by atoms with van der Waals surface area (Å²) in [5.41, 5.74) is 7.32. The molecular weight excluding hydrogens is 168 g/mol. The Balaban J connectivity index is 2.77. The van der Waals surface area contributed by atoms with Crippen molar-refractivity contribution in [3.8, 4) is 12.3 Å². The number of benzene rings is 1. The molecule has 0 amide bonds. The van der Waals surface area contributed by atoms with Crippen molar-refractivity contribution in [1.29, 1.82) is 0 Å². The van der Waals surface area contributed by atoms with Gasteiger partial charge in [-0.3, -0.25) is 0 Å². The summed E-state index contributed by atoms with van der Waals surface area (Å²) in [6, 6.07) is 5.67. The monoisotopic (exact) mass is 174 g/mol. The summed E-state index contributed by atoms with van der Waals surface area (Å²) in [7, 11) is 0. The number of nitrogen functional groups attached to an aromatic ring is 1. The van der Waals surface area contributed by atoms with Crippen LogP contribution in [-0.4, -0.2) is 4.98 Å². The summed E-state index contributed by atoms with van der Waals surface area (Å²) in [6.45, 7) is 0. The van der Waals surface area contributed by atoms with E-state index >= 15 is 0 Å². The van der Waals surface area contributed by atoms with E-state index in [9.17, 15) is 0 Å². The van der Waals surface area contributed by atoms with Crippen LogP contribution in [0.5, 0.6) is 0 Å². The van der Waals surface area contributed by atoms with Crippen LogP contribution in [0.4, 0.5) is 5.13 Å². The van der Waals surface area contributed by atoms with Gasteiger partial charge in [0.05, 0.1) is 10.2 Å². The molecule has 0 bridgehead atoms. The Morgan fingerprint density at radius 1 is 1.50 bits per heavy atom. The molecule has 12 heavy (non-hydrogen) atoms. The van der Waals surface area contributed by atoms with E-state index in [4.69, 9.17) is 12.2 Å². The van der Waals surface area contributed by atoms with E-state index in [0.29, 0.717) is 5.13 Å². The lowest BCUT2D eigenvalue weighted by molar-refractivity contribution is 1.49. The minimum atomic E-state index is 0.583. The van der Waals surface area contributed by atoms with Crippen LogP contribution >= 0.6 is 11.3 Å². The number of hydrogen-bond acceptors (Lipinski definition) is 3. The highest BCUT2D eigenvalue weighted by Crippen LogP contribution is 2.24. The fraction of sp³-hybridized carbons (Fsp3) is 0. The van der Waals surface area contributed by atoms with Gasteiger partial charge in [0.1, 0.15) is 0 Å². The molecule has 0 atom stereocenters. The van der Waals surface area contributed by atoms with Gasteiger partial charge in [-0.05, 0) is 18.2 Å². The Kier molecular flexibility index (Phi) is 1.49. The molecule has 58 valence electrons. The molecule has 2 aromatic rings. The summed E-state index contributed by atoms with van der Waals surface area (Å²) < 4.78 is 1.04. The Labute approximate surface area is 74.0 Å². The zero-order valence-corrected chi connectivity index (χ0v) is 7.06. The molecule has 0 aliphatic carbocycles. The van der Waals surface area contributed by atoms with Crippen molar-refractivity contribution in [3.05, 3.63) is 23.8 Å². The van der Waals surface area contributed by atoms with Gasteiger partial charge in [-0.15, -0.1) is 6.42 Å². The van der Waals surface area contributed by atoms with Crippen LogP contribution in [0.1, 0.15) is 5.56 Å². The van der Waals surface area contributed by atoms with E-state index < -0.39 is 0 Å². The number of nitrogens with zero attached hydrogens (tertiary/aromatic N) is 1. The fourth-order valence-electron chi connectivity index (χ4n) is 1.03. The summed E-state index contributed by atoms with van der Waals surface area (Å²) in [6.07, 6.45) is 5.25.